The largest absolute Gasteiger partial charge is 0.491 e. The molecule has 1 aliphatic rings. The van der Waals surface area contributed by atoms with Gasteiger partial charge in [-0.1, -0.05) is 25.1 Å². The second-order valence-electron chi connectivity index (χ2n) is 6.56. The Kier molecular flexibility index (Phi) is 7.03. The molecule has 0 saturated carbocycles. The number of hydrogen-bond acceptors (Lipinski definition) is 4. The van der Waals surface area contributed by atoms with E-state index in [0.717, 1.165) is 22.6 Å². The quantitative estimate of drug-likeness (QED) is 0.496. The third kappa shape index (κ3) is 4.77. The van der Waals surface area contributed by atoms with Gasteiger partial charge in [-0.05, 0) is 24.6 Å². The van der Waals surface area contributed by atoms with Crippen molar-refractivity contribution in [2.24, 2.45) is 0 Å². The molecule has 0 aliphatic carbocycles. The Morgan fingerprint density at radius 2 is 1.74 bits per heavy atom. The summed E-state index contributed by atoms with van der Waals surface area (Å²) in [5, 5.41) is 2.32. The average Bonchev–Trinajstić information content (AvgIpc) is 2.68. The summed E-state index contributed by atoms with van der Waals surface area (Å²) in [5.74, 6) is 2.89. The van der Waals surface area contributed by atoms with Crippen LogP contribution in [-0.2, 0) is 25.7 Å². The van der Waals surface area contributed by atoms with Crippen molar-refractivity contribution in [3.05, 3.63) is 36.4 Å². The van der Waals surface area contributed by atoms with Crippen LogP contribution in [0.25, 0.3) is 10.8 Å². The van der Waals surface area contributed by atoms with Crippen molar-refractivity contribution in [3.63, 3.8) is 0 Å². The lowest BCUT2D eigenvalue weighted by molar-refractivity contribution is 0.147. The van der Waals surface area contributed by atoms with Crippen LogP contribution in [0.4, 0.5) is 0 Å². The van der Waals surface area contributed by atoms with E-state index in [0.29, 0.717) is 32.7 Å². The van der Waals surface area contributed by atoms with Gasteiger partial charge in [-0.15, -0.1) is 0 Å². The zero-order valence-electron chi connectivity index (χ0n) is 16.0. The standard InChI is InChI=1S/C20H28NO4S2/c1-3-16-27(22,23)21-10-14-26(15-11-21)20-9-8-19(25-13-12-24-2)17-6-4-5-7-18(17)20/h4-9H,3,10-16H2,1-2H3/q+1. The molecule has 0 atom stereocenters. The van der Waals surface area contributed by atoms with Crippen molar-refractivity contribution in [2.45, 2.75) is 18.2 Å². The SMILES string of the molecule is CCCS(=O)(=O)N1CC[S+](c2ccc(OCCOC)c3ccccc23)CC1. The summed E-state index contributed by atoms with van der Waals surface area (Å²) in [4.78, 5) is 1.32. The van der Waals surface area contributed by atoms with Crippen LogP contribution in [0.3, 0.4) is 0 Å². The lowest BCUT2D eigenvalue weighted by Gasteiger charge is -2.26. The highest BCUT2D eigenvalue weighted by Crippen LogP contribution is 2.33. The Morgan fingerprint density at radius 1 is 1.04 bits per heavy atom. The third-order valence-electron chi connectivity index (χ3n) is 4.73. The van der Waals surface area contributed by atoms with Gasteiger partial charge in [0.05, 0.1) is 25.4 Å². The van der Waals surface area contributed by atoms with Gasteiger partial charge in [0.1, 0.15) is 23.9 Å². The maximum atomic E-state index is 12.3. The molecule has 2 aromatic rings. The maximum absolute atomic E-state index is 12.3. The summed E-state index contributed by atoms with van der Waals surface area (Å²) in [6.45, 7) is 4.23. The van der Waals surface area contributed by atoms with Gasteiger partial charge in [0.15, 0.2) is 4.90 Å². The molecule has 3 rings (SSSR count). The van der Waals surface area contributed by atoms with Gasteiger partial charge in [-0.2, -0.15) is 4.31 Å². The summed E-state index contributed by atoms with van der Waals surface area (Å²) >= 11 is 0. The van der Waals surface area contributed by atoms with Gasteiger partial charge in [0, 0.05) is 28.8 Å². The van der Waals surface area contributed by atoms with Crippen molar-refractivity contribution in [3.8, 4) is 5.75 Å². The van der Waals surface area contributed by atoms with Gasteiger partial charge in [-0.25, -0.2) is 8.42 Å². The zero-order valence-corrected chi connectivity index (χ0v) is 17.7. The molecule has 0 spiro atoms. The number of methoxy groups -OCH3 is 1. The summed E-state index contributed by atoms with van der Waals surface area (Å²) < 4.78 is 37.3. The predicted molar refractivity (Wildman–Crippen MR) is 112 cm³/mol. The highest BCUT2D eigenvalue weighted by atomic mass is 32.2. The van der Waals surface area contributed by atoms with Crippen molar-refractivity contribution in [2.75, 3.05) is 50.7 Å². The molecule has 0 bridgehead atoms. The molecule has 148 valence electrons. The minimum Gasteiger partial charge on any atom is -0.491 e. The molecule has 1 heterocycles. The molecule has 1 fully saturated rings. The van der Waals surface area contributed by atoms with E-state index in [-0.39, 0.29) is 16.6 Å². The van der Waals surface area contributed by atoms with Crippen LogP contribution in [0.1, 0.15) is 13.3 Å². The fourth-order valence-corrected chi connectivity index (χ4v) is 7.40. The first-order chi connectivity index (χ1) is 13.1. The lowest BCUT2D eigenvalue weighted by Crippen LogP contribution is -2.44. The highest BCUT2D eigenvalue weighted by molar-refractivity contribution is 7.97. The van der Waals surface area contributed by atoms with Crippen LogP contribution in [0, 0.1) is 0 Å². The fraction of sp³-hybridized carbons (Fsp3) is 0.500. The van der Waals surface area contributed by atoms with E-state index in [1.54, 1.807) is 11.4 Å². The van der Waals surface area contributed by atoms with Gasteiger partial charge < -0.3 is 9.47 Å². The Bertz CT molecular complexity index is 861. The van der Waals surface area contributed by atoms with E-state index in [9.17, 15) is 8.42 Å². The van der Waals surface area contributed by atoms with Crippen LogP contribution >= 0.6 is 0 Å². The number of benzene rings is 2. The fourth-order valence-electron chi connectivity index (χ4n) is 3.38. The molecular formula is C20H28NO4S2+. The van der Waals surface area contributed by atoms with E-state index in [2.05, 4.69) is 24.3 Å². The third-order valence-corrected chi connectivity index (χ3v) is 9.13. The van der Waals surface area contributed by atoms with Crippen molar-refractivity contribution >= 4 is 31.7 Å². The normalized spacial score (nSPS) is 16.7. The second-order valence-corrected chi connectivity index (χ2v) is 10.9. The second kappa shape index (κ2) is 9.28. The van der Waals surface area contributed by atoms with E-state index >= 15 is 0 Å². The molecule has 2 aromatic carbocycles. The molecule has 0 radical (unpaired) electrons. The molecule has 0 N–H and O–H groups in total. The Labute approximate surface area is 165 Å². The van der Waals surface area contributed by atoms with Crippen LogP contribution in [0.15, 0.2) is 41.3 Å². The van der Waals surface area contributed by atoms with Crippen molar-refractivity contribution in [1.82, 2.24) is 4.31 Å². The van der Waals surface area contributed by atoms with Crippen LogP contribution in [-0.4, -0.2) is 63.4 Å². The number of sulfonamides is 1. The molecule has 1 saturated heterocycles. The number of rotatable bonds is 8. The smallest absolute Gasteiger partial charge is 0.214 e. The molecule has 1 aliphatic heterocycles. The van der Waals surface area contributed by atoms with Crippen LogP contribution in [0.2, 0.25) is 0 Å². The highest BCUT2D eigenvalue weighted by Gasteiger charge is 2.35. The molecule has 7 heteroatoms. The van der Waals surface area contributed by atoms with Crippen molar-refractivity contribution in [1.29, 1.82) is 0 Å². The number of fused-ring (bicyclic) bond motifs is 1. The van der Waals surface area contributed by atoms with Gasteiger partial charge >= 0.3 is 0 Å². The van der Waals surface area contributed by atoms with Gasteiger partial charge in [0.25, 0.3) is 0 Å². The maximum Gasteiger partial charge on any atom is 0.214 e. The topological polar surface area (TPSA) is 55.8 Å². The molecule has 0 aromatic heterocycles. The molecule has 27 heavy (non-hydrogen) atoms. The first-order valence-electron chi connectivity index (χ1n) is 9.35. The number of ether oxygens (including phenoxy) is 2. The van der Waals surface area contributed by atoms with E-state index in [1.165, 1.54) is 10.3 Å². The summed E-state index contributed by atoms with van der Waals surface area (Å²) in [6.07, 6.45) is 0.666. The van der Waals surface area contributed by atoms with E-state index in [1.807, 2.05) is 19.1 Å². The van der Waals surface area contributed by atoms with E-state index in [4.69, 9.17) is 9.47 Å². The summed E-state index contributed by atoms with van der Waals surface area (Å²) in [5.41, 5.74) is 0. The number of nitrogens with zero attached hydrogens (tertiary/aromatic N) is 1. The number of hydrogen-bond donors (Lipinski definition) is 0. The lowest BCUT2D eigenvalue weighted by atomic mass is 10.1. The van der Waals surface area contributed by atoms with Crippen molar-refractivity contribution < 1.29 is 17.9 Å². The Balaban J connectivity index is 1.79. The summed E-state index contributed by atoms with van der Waals surface area (Å²) in [6, 6.07) is 12.5. The Morgan fingerprint density at radius 3 is 2.41 bits per heavy atom. The minimum absolute atomic E-state index is 0.0560. The molecular weight excluding hydrogens is 382 g/mol. The van der Waals surface area contributed by atoms with Crippen LogP contribution < -0.4 is 4.74 Å². The predicted octanol–water partition coefficient (Wildman–Crippen LogP) is 2.90. The van der Waals surface area contributed by atoms with Gasteiger partial charge in [0.2, 0.25) is 10.0 Å². The first-order valence-corrected chi connectivity index (χ1v) is 12.5. The Hall–Kier alpha value is -1.28. The average molecular weight is 411 g/mol. The first kappa shape index (κ1) is 20.5. The monoisotopic (exact) mass is 410 g/mol. The molecule has 5 nitrogen and oxygen atoms in total. The molecule has 0 unspecified atom stereocenters. The molecule has 0 amide bonds. The summed E-state index contributed by atoms with van der Waals surface area (Å²) in [7, 11) is -1.37. The minimum atomic E-state index is -3.10. The van der Waals surface area contributed by atoms with E-state index < -0.39 is 10.0 Å². The van der Waals surface area contributed by atoms with Crippen LogP contribution in [0.5, 0.6) is 5.75 Å². The zero-order chi connectivity index (χ0) is 19.3. The van der Waals surface area contributed by atoms with Gasteiger partial charge in [-0.3, -0.25) is 0 Å².